The van der Waals surface area contributed by atoms with E-state index >= 15 is 0 Å². The van der Waals surface area contributed by atoms with Gasteiger partial charge in [0.25, 0.3) is 0 Å². The number of carbonyl (C=O) groups excluding carboxylic acids is 3. The van der Waals surface area contributed by atoms with Gasteiger partial charge in [0.2, 0.25) is 0 Å². The fourth-order valence-corrected chi connectivity index (χ4v) is 3.74. The van der Waals surface area contributed by atoms with Gasteiger partial charge in [0, 0.05) is 35.9 Å². The summed E-state index contributed by atoms with van der Waals surface area (Å²) < 4.78 is 10.3. The van der Waals surface area contributed by atoms with Gasteiger partial charge >= 0.3 is 11.9 Å². The molecule has 3 heterocycles. The summed E-state index contributed by atoms with van der Waals surface area (Å²) in [6.45, 7) is 3.63. The average Bonchev–Trinajstić information content (AvgIpc) is 2.74. The van der Waals surface area contributed by atoms with E-state index in [2.05, 4.69) is 9.97 Å². The van der Waals surface area contributed by atoms with Gasteiger partial charge in [-0.25, -0.2) is 0 Å². The Morgan fingerprint density at radius 1 is 0.897 bits per heavy atom. The molecule has 2 aromatic heterocycles. The average molecular weight is 398 g/mol. The number of ether oxygens (including phenoxy) is 2. The molecule has 0 amide bonds. The van der Waals surface area contributed by atoms with E-state index < -0.39 is 41.6 Å². The van der Waals surface area contributed by atoms with Crippen LogP contribution >= 0.6 is 0 Å². The number of nitrogens with zero attached hydrogens (tertiary/aromatic N) is 2. The summed E-state index contributed by atoms with van der Waals surface area (Å²) >= 11 is 0. The number of rotatable bonds is 6. The molecule has 0 unspecified atom stereocenters. The fourth-order valence-electron chi connectivity index (χ4n) is 3.74. The van der Waals surface area contributed by atoms with Crippen LogP contribution in [0.15, 0.2) is 49.1 Å². The lowest BCUT2D eigenvalue weighted by Gasteiger charge is -2.36. The minimum atomic E-state index is -1.14. The Morgan fingerprint density at radius 3 is 1.69 bits per heavy atom. The second-order valence-corrected chi connectivity index (χ2v) is 6.68. The predicted octanol–water partition coefficient (Wildman–Crippen LogP) is 0.764. The number of quaternary nitrogens is 1. The van der Waals surface area contributed by atoms with Crippen molar-refractivity contribution in [2.24, 2.45) is 11.8 Å². The molecule has 152 valence electrons. The van der Waals surface area contributed by atoms with Gasteiger partial charge in [0.05, 0.1) is 13.2 Å². The molecule has 0 saturated carbocycles. The molecule has 0 radical (unpaired) electrons. The van der Waals surface area contributed by atoms with Crippen molar-refractivity contribution in [2.75, 3.05) is 13.2 Å². The normalized spacial score (nSPS) is 24.0. The van der Waals surface area contributed by atoms with Crippen molar-refractivity contribution >= 4 is 17.7 Å². The third kappa shape index (κ3) is 4.32. The maximum atomic E-state index is 13.5. The molecule has 2 N–H and O–H groups in total. The molecule has 29 heavy (non-hydrogen) atoms. The first-order valence-electron chi connectivity index (χ1n) is 9.60. The number of Topliss-reactive ketones (excluding diaryl/α,β-unsaturated/α-hetero) is 1. The van der Waals surface area contributed by atoms with Crippen LogP contribution in [0.25, 0.3) is 0 Å². The molecule has 0 aliphatic carbocycles. The lowest BCUT2D eigenvalue weighted by atomic mass is 9.75. The van der Waals surface area contributed by atoms with Crippen LogP contribution in [0, 0.1) is 11.8 Å². The Kier molecular flexibility index (Phi) is 6.66. The minimum absolute atomic E-state index is 0.137. The zero-order chi connectivity index (χ0) is 20.8. The predicted molar refractivity (Wildman–Crippen MR) is 101 cm³/mol. The van der Waals surface area contributed by atoms with Crippen LogP contribution < -0.4 is 5.32 Å². The number of piperidine rings is 1. The number of hydrogen-bond acceptors (Lipinski definition) is 7. The molecule has 0 aromatic carbocycles. The minimum Gasteiger partial charge on any atom is -0.465 e. The maximum absolute atomic E-state index is 13.5. The second-order valence-electron chi connectivity index (χ2n) is 6.68. The van der Waals surface area contributed by atoms with E-state index in [0.717, 1.165) is 0 Å². The van der Waals surface area contributed by atoms with Gasteiger partial charge in [-0.3, -0.25) is 24.4 Å². The summed E-state index contributed by atoms with van der Waals surface area (Å²) in [5.74, 6) is -4.09. The number of esters is 2. The molecule has 8 nitrogen and oxygen atoms in total. The molecule has 1 aliphatic heterocycles. The first-order valence-corrected chi connectivity index (χ1v) is 9.60. The number of hydrogen-bond donors (Lipinski definition) is 1. The Hall–Kier alpha value is -3.13. The van der Waals surface area contributed by atoms with Crippen molar-refractivity contribution in [2.45, 2.75) is 25.9 Å². The Morgan fingerprint density at radius 2 is 1.34 bits per heavy atom. The van der Waals surface area contributed by atoms with Crippen LogP contribution in [0.3, 0.4) is 0 Å². The number of ketones is 1. The molecule has 4 atom stereocenters. The fraction of sp³-hybridized carbons (Fsp3) is 0.381. The molecular formula is C21H24N3O5+. The molecule has 0 spiro atoms. The van der Waals surface area contributed by atoms with Crippen LogP contribution in [0.2, 0.25) is 0 Å². The number of pyridine rings is 2. The zero-order valence-corrected chi connectivity index (χ0v) is 16.4. The molecule has 8 heteroatoms. The van der Waals surface area contributed by atoms with Gasteiger partial charge in [-0.2, -0.15) is 0 Å². The standard InChI is InChI=1S/C21H23N3O5/c1-3-28-20(26)15-17(13-7-5-9-22-11-13)24-18(14-8-6-10-23-12-14)16(19(15)25)21(27)29-4-2/h5-12,15-18,24H,3-4H2,1-2H3/p+1/t15-,16-,17+,18+/m0/s1. The highest BCUT2D eigenvalue weighted by atomic mass is 16.5. The molecular weight excluding hydrogens is 374 g/mol. The van der Waals surface area contributed by atoms with Crippen LogP contribution in [0.5, 0.6) is 0 Å². The lowest BCUT2D eigenvalue weighted by molar-refractivity contribution is -0.745. The van der Waals surface area contributed by atoms with Crippen LogP contribution in [0.4, 0.5) is 0 Å². The smallest absolute Gasteiger partial charge is 0.323 e. The van der Waals surface area contributed by atoms with Gasteiger partial charge in [0.15, 0.2) is 17.6 Å². The highest BCUT2D eigenvalue weighted by molar-refractivity contribution is 6.09. The van der Waals surface area contributed by atoms with Crippen LogP contribution in [0.1, 0.15) is 37.1 Å². The summed E-state index contributed by atoms with van der Waals surface area (Å²) in [5.41, 5.74) is 1.41. The van der Waals surface area contributed by atoms with E-state index in [1.165, 1.54) is 0 Å². The second kappa shape index (κ2) is 9.38. The van der Waals surface area contributed by atoms with Crippen molar-refractivity contribution in [3.8, 4) is 0 Å². The lowest BCUT2D eigenvalue weighted by Crippen LogP contribution is -2.93. The highest BCUT2D eigenvalue weighted by Crippen LogP contribution is 2.34. The largest absolute Gasteiger partial charge is 0.465 e. The Balaban J connectivity index is 2.08. The first kappa shape index (κ1) is 20.6. The SMILES string of the molecule is CCOC(=O)[C@@H]1C(=O)[C@@H](C(=O)OCC)[C@@H](c2cccnc2)[NH2+][C@@H]1c1cccnc1. The summed E-state index contributed by atoms with van der Waals surface area (Å²) in [4.78, 5) is 47.1. The van der Waals surface area contributed by atoms with E-state index in [4.69, 9.17) is 9.47 Å². The number of carbonyl (C=O) groups is 3. The van der Waals surface area contributed by atoms with Crippen molar-refractivity contribution in [1.29, 1.82) is 0 Å². The quantitative estimate of drug-likeness (QED) is 0.565. The molecule has 1 fully saturated rings. The molecule has 3 rings (SSSR count). The molecule has 1 aliphatic rings. The monoisotopic (exact) mass is 398 g/mol. The van der Waals surface area contributed by atoms with E-state index in [1.54, 1.807) is 62.9 Å². The van der Waals surface area contributed by atoms with E-state index in [9.17, 15) is 14.4 Å². The third-order valence-electron chi connectivity index (χ3n) is 4.97. The molecule has 1 saturated heterocycles. The summed E-state index contributed by atoms with van der Waals surface area (Å²) in [5, 5.41) is 1.85. The van der Waals surface area contributed by atoms with Crippen molar-refractivity contribution in [3.05, 3.63) is 60.2 Å². The van der Waals surface area contributed by atoms with Crippen molar-refractivity contribution < 1.29 is 29.2 Å². The van der Waals surface area contributed by atoms with E-state index in [-0.39, 0.29) is 13.2 Å². The third-order valence-corrected chi connectivity index (χ3v) is 4.97. The number of nitrogens with two attached hydrogens (primary N) is 1. The summed E-state index contributed by atoms with van der Waals surface area (Å²) in [6.07, 6.45) is 6.47. The first-order chi connectivity index (χ1) is 14.1. The number of aromatic nitrogens is 2. The van der Waals surface area contributed by atoms with Crippen molar-refractivity contribution in [3.63, 3.8) is 0 Å². The Labute approximate surface area is 168 Å². The van der Waals surface area contributed by atoms with Crippen LogP contribution in [-0.2, 0) is 23.9 Å². The van der Waals surface area contributed by atoms with E-state index in [1.807, 2.05) is 5.32 Å². The molecule has 2 aromatic rings. The van der Waals surface area contributed by atoms with Crippen molar-refractivity contribution in [1.82, 2.24) is 9.97 Å². The summed E-state index contributed by atoms with van der Waals surface area (Å²) in [7, 11) is 0. The zero-order valence-electron chi connectivity index (χ0n) is 16.4. The van der Waals surface area contributed by atoms with Gasteiger partial charge in [0.1, 0.15) is 12.1 Å². The molecule has 0 bridgehead atoms. The van der Waals surface area contributed by atoms with Crippen LogP contribution in [-0.4, -0.2) is 40.9 Å². The summed E-state index contributed by atoms with van der Waals surface area (Å²) in [6, 6.07) is 5.94. The van der Waals surface area contributed by atoms with E-state index in [0.29, 0.717) is 11.1 Å². The topological polar surface area (TPSA) is 112 Å². The van der Waals surface area contributed by atoms with Gasteiger partial charge in [-0.05, 0) is 38.1 Å². The highest BCUT2D eigenvalue weighted by Gasteiger charge is 2.55. The van der Waals surface area contributed by atoms with Gasteiger partial charge < -0.3 is 14.8 Å². The van der Waals surface area contributed by atoms with Gasteiger partial charge in [-0.1, -0.05) is 0 Å². The Bertz CT molecular complexity index is 790. The van der Waals surface area contributed by atoms with Gasteiger partial charge in [-0.15, -0.1) is 0 Å². The maximum Gasteiger partial charge on any atom is 0.323 e.